The average molecular weight is 273 g/mol. The van der Waals surface area contributed by atoms with Crippen LogP contribution in [0.4, 0.5) is 13.2 Å². The number of benzene rings is 1. The van der Waals surface area contributed by atoms with Crippen LogP contribution in [0.25, 0.3) is 0 Å². The van der Waals surface area contributed by atoms with E-state index in [1.54, 1.807) is 0 Å². The van der Waals surface area contributed by atoms with Gasteiger partial charge in [-0.2, -0.15) is 13.2 Å². The Morgan fingerprint density at radius 2 is 1.89 bits per heavy atom. The molecule has 6 heteroatoms. The first-order valence-electron chi connectivity index (χ1n) is 6.01. The highest BCUT2D eigenvalue weighted by Gasteiger charge is 2.31. The number of hydrogen-bond acceptors (Lipinski definition) is 2. The summed E-state index contributed by atoms with van der Waals surface area (Å²) in [5.74, 6) is -0.929. The lowest BCUT2D eigenvalue weighted by molar-refractivity contribution is -0.140. The van der Waals surface area contributed by atoms with Crippen LogP contribution in [0.1, 0.15) is 29.9 Å². The van der Waals surface area contributed by atoms with Crippen LogP contribution in [-0.2, 0) is 11.0 Å². The Morgan fingerprint density at radius 3 is 2.42 bits per heavy atom. The van der Waals surface area contributed by atoms with Gasteiger partial charge in [-0.25, -0.2) is 0 Å². The molecule has 2 rings (SSSR count). The Balaban J connectivity index is 2.12. The van der Waals surface area contributed by atoms with Crippen molar-refractivity contribution in [2.45, 2.75) is 31.0 Å². The van der Waals surface area contributed by atoms with Gasteiger partial charge in [0.25, 0.3) is 0 Å². The zero-order chi connectivity index (χ0) is 14.0. The molecule has 0 saturated carbocycles. The van der Waals surface area contributed by atoms with Crippen molar-refractivity contribution in [2.24, 2.45) is 0 Å². The van der Waals surface area contributed by atoms with Gasteiger partial charge >= 0.3 is 12.1 Å². The second-order valence-corrected chi connectivity index (χ2v) is 4.69. The molecule has 0 bridgehead atoms. The summed E-state index contributed by atoms with van der Waals surface area (Å²) in [5.41, 5.74) is 0.0840. The van der Waals surface area contributed by atoms with E-state index in [1.165, 1.54) is 12.1 Å². The van der Waals surface area contributed by atoms with Crippen molar-refractivity contribution in [1.82, 2.24) is 5.32 Å². The largest absolute Gasteiger partial charge is 0.480 e. The van der Waals surface area contributed by atoms with Gasteiger partial charge < -0.3 is 10.4 Å². The van der Waals surface area contributed by atoms with E-state index in [0.29, 0.717) is 13.0 Å². The maximum Gasteiger partial charge on any atom is 0.416 e. The first-order valence-corrected chi connectivity index (χ1v) is 6.01. The molecule has 1 fully saturated rings. The van der Waals surface area contributed by atoms with Gasteiger partial charge in [0, 0.05) is 0 Å². The minimum Gasteiger partial charge on any atom is -0.480 e. The van der Waals surface area contributed by atoms with E-state index in [0.717, 1.165) is 24.1 Å². The van der Waals surface area contributed by atoms with Gasteiger partial charge in [-0.1, -0.05) is 12.1 Å². The van der Waals surface area contributed by atoms with Gasteiger partial charge in [0.2, 0.25) is 0 Å². The third-order valence-corrected chi connectivity index (χ3v) is 3.41. The Hall–Kier alpha value is -1.56. The lowest BCUT2D eigenvalue weighted by Gasteiger charge is -2.28. The summed E-state index contributed by atoms with van der Waals surface area (Å²) in [4.78, 5) is 10.9. The van der Waals surface area contributed by atoms with Crippen molar-refractivity contribution in [3.8, 4) is 0 Å². The van der Waals surface area contributed by atoms with Crippen LogP contribution in [0.3, 0.4) is 0 Å². The van der Waals surface area contributed by atoms with Crippen molar-refractivity contribution >= 4 is 5.97 Å². The smallest absolute Gasteiger partial charge is 0.416 e. The summed E-state index contributed by atoms with van der Waals surface area (Å²) in [7, 11) is 0. The molecule has 3 nitrogen and oxygen atoms in total. The zero-order valence-electron chi connectivity index (χ0n) is 10.1. The topological polar surface area (TPSA) is 49.3 Å². The Bertz CT molecular complexity index is 456. The molecule has 1 aliphatic heterocycles. The summed E-state index contributed by atoms with van der Waals surface area (Å²) < 4.78 is 37.3. The van der Waals surface area contributed by atoms with Crippen LogP contribution in [0.5, 0.6) is 0 Å². The molecule has 1 aliphatic rings. The van der Waals surface area contributed by atoms with Crippen LogP contribution in [0.15, 0.2) is 24.3 Å². The van der Waals surface area contributed by atoms with Crippen LogP contribution in [0, 0.1) is 0 Å². The van der Waals surface area contributed by atoms with E-state index >= 15 is 0 Å². The SMILES string of the molecule is O=C(O)C1CC(c2ccc(C(F)(F)F)cc2)CCN1. The highest BCUT2D eigenvalue weighted by Crippen LogP contribution is 2.32. The van der Waals surface area contributed by atoms with Crippen molar-refractivity contribution in [3.05, 3.63) is 35.4 Å². The van der Waals surface area contributed by atoms with Gasteiger partial charge in [0.15, 0.2) is 0 Å². The molecule has 19 heavy (non-hydrogen) atoms. The van der Waals surface area contributed by atoms with Crippen molar-refractivity contribution in [1.29, 1.82) is 0 Å². The Kier molecular flexibility index (Phi) is 3.80. The maximum atomic E-state index is 12.4. The van der Waals surface area contributed by atoms with Crippen LogP contribution in [-0.4, -0.2) is 23.7 Å². The van der Waals surface area contributed by atoms with Crippen molar-refractivity contribution < 1.29 is 23.1 Å². The predicted octanol–water partition coefficient (Wildman–Crippen LogP) is 2.63. The molecule has 1 aromatic rings. The van der Waals surface area contributed by atoms with Crippen molar-refractivity contribution in [3.63, 3.8) is 0 Å². The molecule has 2 N–H and O–H groups in total. The predicted molar refractivity (Wildman–Crippen MR) is 62.8 cm³/mol. The van der Waals surface area contributed by atoms with Crippen LogP contribution < -0.4 is 5.32 Å². The lowest BCUT2D eigenvalue weighted by Crippen LogP contribution is -2.42. The number of aliphatic carboxylic acids is 1. The zero-order valence-corrected chi connectivity index (χ0v) is 10.1. The summed E-state index contributed by atoms with van der Waals surface area (Å²) in [5, 5.41) is 11.8. The van der Waals surface area contributed by atoms with E-state index < -0.39 is 23.8 Å². The molecular formula is C13H14F3NO2. The normalized spacial score (nSPS) is 24.2. The van der Waals surface area contributed by atoms with E-state index in [1.807, 2.05) is 0 Å². The molecule has 2 atom stereocenters. The number of alkyl halides is 3. The first-order chi connectivity index (χ1) is 8.88. The Morgan fingerprint density at radius 1 is 1.26 bits per heavy atom. The van der Waals surface area contributed by atoms with E-state index in [2.05, 4.69) is 5.32 Å². The molecule has 0 aliphatic carbocycles. The number of carbonyl (C=O) groups is 1. The molecule has 104 valence electrons. The monoisotopic (exact) mass is 273 g/mol. The molecule has 1 heterocycles. The number of hydrogen-bond donors (Lipinski definition) is 2. The quantitative estimate of drug-likeness (QED) is 0.871. The molecular weight excluding hydrogens is 259 g/mol. The van der Waals surface area contributed by atoms with Crippen molar-refractivity contribution in [2.75, 3.05) is 6.54 Å². The third kappa shape index (κ3) is 3.26. The molecule has 1 aromatic carbocycles. The first kappa shape index (κ1) is 13.9. The molecule has 0 spiro atoms. The molecule has 0 radical (unpaired) electrons. The fraction of sp³-hybridized carbons (Fsp3) is 0.462. The summed E-state index contributed by atoms with van der Waals surface area (Å²) in [6, 6.07) is 4.36. The second-order valence-electron chi connectivity index (χ2n) is 4.69. The molecule has 0 aromatic heterocycles. The fourth-order valence-electron chi connectivity index (χ4n) is 2.35. The van der Waals surface area contributed by atoms with Gasteiger partial charge in [-0.15, -0.1) is 0 Å². The van der Waals surface area contributed by atoms with E-state index in [-0.39, 0.29) is 5.92 Å². The molecule has 0 amide bonds. The number of carboxylic acid groups (broad SMARTS) is 1. The number of carboxylic acids is 1. The number of halogens is 3. The maximum absolute atomic E-state index is 12.4. The highest BCUT2D eigenvalue weighted by atomic mass is 19.4. The standard InChI is InChI=1S/C13H14F3NO2/c14-13(15,16)10-3-1-8(2-4-10)9-5-6-17-11(7-9)12(18)19/h1-4,9,11,17H,5-7H2,(H,18,19). The number of rotatable bonds is 2. The van der Waals surface area contributed by atoms with E-state index in [9.17, 15) is 18.0 Å². The summed E-state index contributed by atoms with van der Waals surface area (Å²) >= 11 is 0. The number of piperidine rings is 1. The number of nitrogens with one attached hydrogen (secondary N) is 1. The van der Waals surface area contributed by atoms with Gasteiger partial charge in [-0.3, -0.25) is 4.79 Å². The van der Waals surface area contributed by atoms with E-state index in [4.69, 9.17) is 5.11 Å². The lowest BCUT2D eigenvalue weighted by atomic mass is 9.86. The van der Waals surface area contributed by atoms with Gasteiger partial charge in [0.05, 0.1) is 5.56 Å². The van der Waals surface area contributed by atoms with Gasteiger partial charge in [-0.05, 0) is 43.0 Å². The molecule has 1 saturated heterocycles. The average Bonchev–Trinajstić information content (AvgIpc) is 2.38. The highest BCUT2D eigenvalue weighted by molar-refractivity contribution is 5.73. The fourth-order valence-corrected chi connectivity index (χ4v) is 2.35. The molecule has 2 unspecified atom stereocenters. The van der Waals surface area contributed by atoms with Crippen LogP contribution in [0.2, 0.25) is 0 Å². The van der Waals surface area contributed by atoms with Gasteiger partial charge in [0.1, 0.15) is 6.04 Å². The third-order valence-electron chi connectivity index (χ3n) is 3.41. The summed E-state index contributed by atoms with van der Waals surface area (Å²) in [6.45, 7) is 0.558. The summed E-state index contributed by atoms with van der Waals surface area (Å²) in [6.07, 6.45) is -3.20. The minimum absolute atomic E-state index is 0.00960. The van der Waals surface area contributed by atoms with Crippen LogP contribution >= 0.6 is 0 Å². The second kappa shape index (κ2) is 5.21. The Labute approximate surface area is 108 Å². The minimum atomic E-state index is -4.34.